The van der Waals surface area contributed by atoms with E-state index < -0.39 is 7.80 Å². The molecular weight excluding hydrogens is 411 g/mol. The highest BCUT2D eigenvalue weighted by atomic mass is 35.5. The number of nitrogens with one attached hydrogen (secondary N) is 1. The van der Waals surface area contributed by atoms with Crippen molar-refractivity contribution in [1.82, 2.24) is 5.32 Å². The second-order valence-electron chi connectivity index (χ2n) is 5.81. The Morgan fingerprint density at radius 1 is 0.929 bits per heavy atom. The summed E-state index contributed by atoms with van der Waals surface area (Å²) in [6.07, 6.45) is 0. The third kappa shape index (κ3) is 6.31. The van der Waals surface area contributed by atoms with Crippen LogP contribution in [0.1, 0.15) is 15.9 Å². The maximum absolute atomic E-state index is 12.0. The Morgan fingerprint density at radius 3 is 1.86 bits per heavy atom. The molecule has 0 heterocycles. The third-order valence-electron chi connectivity index (χ3n) is 3.76. The molecule has 0 aliphatic rings. The zero-order chi connectivity index (χ0) is 20.5. The van der Waals surface area contributed by atoms with Crippen LogP contribution in [0.25, 0.3) is 0 Å². The van der Waals surface area contributed by atoms with Crippen molar-refractivity contribution in [3.63, 3.8) is 0 Å². The number of carbonyl (C=O) groups is 1. The summed E-state index contributed by atoms with van der Waals surface area (Å²) in [6, 6.07) is 24.4. The number of hydrogen-bond acceptors (Lipinski definition) is 3. The lowest BCUT2D eigenvalue weighted by atomic mass is 10.1. The van der Waals surface area contributed by atoms with Crippen molar-refractivity contribution in [2.24, 2.45) is 5.73 Å². The normalized spacial score (nSPS) is 9.96. The van der Waals surface area contributed by atoms with Gasteiger partial charge in [0.05, 0.1) is 10.6 Å². The minimum Gasteiger partial charge on any atom is -0.376 e. The standard InChI is InChI=1S/C12H11OP.C9H9ClN2OS/c13-14(11-7-3-1-4-8-11)12-9-5-2-6-10-12;1-5-3-2-4-6(10)7(5)8(13)12-9(11)14/h1-10,14H;2-4H,1H3,(H3,11,12,13,14). The molecule has 0 aliphatic carbocycles. The minimum atomic E-state index is -1.79. The molecule has 144 valence electrons. The smallest absolute Gasteiger partial charge is 0.259 e. The van der Waals surface area contributed by atoms with E-state index in [-0.39, 0.29) is 11.0 Å². The fourth-order valence-corrected chi connectivity index (χ4v) is 4.16. The average molecular weight is 431 g/mol. The van der Waals surface area contributed by atoms with Gasteiger partial charge in [0.25, 0.3) is 5.91 Å². The number of aryl methyl sites for hydroxylation is 1. The Hall–Kier alpha value is -2.46. The first-order valence-electron chi connectivity index (χ1n) is 8.41. The van der Waals surface area contributed by atoms with Crippen LogP contribution in [-0.2, 0) is 4.57 Å². The lowest BCUT2D eigenvalue weighted by Crippen LogP contribution is -2.35. The number of nitrogens with two attached hydrogens (primary N) is 1. The molecule has 0 unspecified atom stereocenters. The molecule has 0 aliphatic heterocycles. The summed E-state index contributed by atoms with van der Waals surface area (Å²) in [4.78, 5) is 11.5. The molecule has 4 nitrogen and oxygen atoms in total. The molecule has 3 aromatic carbocycles. The quantitative estimate of drug-likeness (QED) is 0.489. The maximum atomic E-state index is 12.0. The molecule has 0 atom stereocenters. The van der Waals surface area contributed by atoms with Gasteiger partial charge in [0, 0.05) is 10.6 Å². The fraction of sp³-hybridized carbons (Fsp3) is 0.0476. The number of rotatable bonds is 3. The third-order valence-corrected chi connectivity index (χ3v) is 5.89. The first kappa shape index (κ1) is 21.8. The Balaban J connectivity index is 0.000000200. The van der Waals surface area contributed by atoms with Crippen LogP contribution in [0.2, 0.25) is 5.02 Å². The van der Waals surface area contributed by atoms with E-state index in [0.29, 0.717) is 10.6 Å². The van der Waals surface area contributed by atoms with Crippen LogP contribution in [-0.4, -0.2) is 11.0 Å². The van der Waals surface area contributed by atoms with Gasteiger partial charge in [-0.3, -0.25) is 10.1 Å². The maximum Gasteiger partial charge on any atom is 0.259 e. The highest BCUT2D eigenvalue weighted by Gasteiger charge is 2.12. The molecule has 3 N–H and O–H groups in total. The summed E-state index contributed by atoms with van der Waals surface area (Å²) in [6.45, 7) is 1.79. The van der Waals surface area contributed by atoms with Gasteiger partial charge in [0.2, 0.25) is 0 Å². The predicted molar refractivity (Wildman–Crippen MR) is 122 cm³/mol. The number of benzene rings is 3. The van der Waals surface area contributed by atoms with Crippen molar-refractivity contribution in [1.29, 1.82) is 0 Å². The van der Waals surface area contributed by atoms with Gasteiger partial charge in [-0.05, 0) is 30.8 Å². The number of hydrogen-bond donors (Lipinski definition) is 2. The zero-order valence-electron chi connectivity index (χ0n) is 15.2. The van der Waals surface area contributed by atoms with Crippen LogP contribution in [0.15, 0.2) is 78.9 Å². The van der Waals surface area contributed by atoms with E-state index in [4.69, 9.17) is 17.3 Å². The molecule has 0 aromatic heterocycles. The molecule has 0 fully saturated rings. The lowest BCUT2D eigenvalue weighted by Gasteiger charge is -2.07. The fourth-order valence-electron chi connectivity index (χ4n) is 2.44. The summed E-state index contributed by atoms with van der Waals surface area (Å²) in [5, 5.41) is 4.49. The summed E-state index contributed by atoms with van der Waals surface area (Å²) < 4.78 is 12.0. The van der Waals surface area contributed by atoms with E-state index in [2.05, 4.69) is 17.5 Å². The van der Waals surface area contributed by atoms with Crippen molar-refractivity contribution in [2.45, 2.75) is 6.92 Å². The molecule has 28 heavy (non-hydrogen) atoms. The molecule has 0 saturated carbocycles. The summed E-state index contributed by atoms with van der Waals surface area (Å²) in [7, 11) is -1.79. The van der Waals surface area contributed by atoms with E-state index in [1.807, 2.05) is 60.7 Å². The van der Waals surface area contributed by atoms with Crippen molar-refractivity contribution >= 4 is 53.2 Å². The second kappa shape index (κ2) is 10.8. The molecule has 0 spiro atoms. The van der Waals surface area contributed by atoms with E-state index in [1.54, 1.807) is 25.1 Å². The number of halogens is 1. The number of amides is 1. The molecule has 3 aromatic rings. The molecule has 0 radical (unpaired) electrons. The van der Waals surface area contributed by atoms with Gasteiger partial charge in [-0.1, -0.05) is 84.4 Å². The Kier molecular flexibility index (Phi) is 8.40. The predicted octanol–water partition coefficient (Wildman–Crippen LogP) is 3.82. The van der Waals surface area contributed by atoms with Crippen LogP contribution >= 0.6 is 31.6 Å². The first-order chi connectivity index (χ1) is 13.4. The second-order valence-corrected chi connectivity index (χ2v) is 8.47. The SMILES string of the molecule is Cc1cccc(Cl)c1C(=O)NC(N)=S.O=[PH](c1ccccc1)c1ccccc1. The van der Waals surface area contributed by atoms with E-state index in [1.165, 1.54) is 0 Å². The van der Waals surface area contributed by atoms with Crippen molar-refractivity contribution in [3.8, 4) is 0 Å². The molecular formula is C21H20ClN2O2PS. The van der Waals surface area contributed by atoms with Crippen molar-refractivity contribution < 1.29 is 9.36 Å². The minimum absolute atomic E-state index is 0.0608. The summed E-state index contributed by atoms with van der Waals surface area (Å²) >= 11 is 10.4. The van der Waals surface area contributed by atoms with Crippen LogP contribution in [0.3, 0.4) is 0 Å². The Morgan fingerprint density at radius 2 is 1.43 bits per heavy atom. The monoisotopic (exact) mass is 430 g/mol. The molecule has 1 amide bonds. The summed E-state index contributed by atoms with van der Waals surface area (Å²) in [5.41, 5.74) is 6.38. The number of carbonyl (C=O) groups excluding carboxylic acids is 1. The topological polar surface area (TPSA) is 72.2 Å². The highest BCUT2D eigenvalue weighted by molar-refractivity contribution is 7.80. The van der Waals surface area contributed by atoms with Gasteiger partial charge in [0.1, 0.15) is 7.80 Å². The van der Waals surface area contributed by atoms with Gasteiger partial charge < -0.3 is 10.3 Å². The van der Waals surface area contributed by atoms with Crippen molar-refractivity contribution in [3.05, 3.63) is 95.0 Å². The summed E-state index contributed by atoms with van der Waals surface area (Å²) in [5.74, 6) is -0.374. The largest absolute Gasteiger partial charge is 0.376 e. The first-order valence-corrected chi connectivity index (χ1v) is 10.6. The Labute approximate surface area is 175 Å². The van der Waals surface area contributed by atoms with Crippen LogP contribution in [0, 0.1) is 6.92 Å². The zero-order valence-corrected chi connectivity index (χ0v) is 17.8. The molecule has 3 rings (SSSR count). The van der Waals surface area contributed by atoms with E-state index in [9.17, 15) is 9.36 Å². The van der Waals surface area contributed by atoms with Crippen LogP contribution in [0.5, 0.6) is 0 Å². The van der Waals surface area contributed by atoms with Crippen LogP contribution in [0.4, 0.5) is 0 Å². The van der Waals surface area contributed by atoms with Gasteiger partial charge in [-0.25, -0.2) is 0 Å². The Bertz CT molecular complexity index is 920. The van der Waals surface area contributed by atoms with Gasteiger partial charge in [-0.15, -0.1) is 0 Å². The molecule has 0 saturated heterocycles. The average Bonchev–Trinajstić information content (AvgIpc) is 2.68. The van der Waals surface area contributed by atoms with Gasteiger partial charge in [-0.2, -0.15) is 0 Å². The van der Waals surface area contributed by atoms with Gasteiger partial charge in [0.15, 0.2) is 5.11 Å². The van der Waals surface area contributed by atoms with E-state index >= 15 is 0 Å². The van der Waals surface area contributed by atoms with E-state index in [0.717, 1.165) is 16.2 Å². The van der Waals surface area contributed by atoms with Crippen molar-refractivity contribution in [2.75, 3.05) is 0 Å². The molecule has 7 heteroatoms. The molecule has 0 bridgehead atoms. The number of thiocarbonyl (C=S) groups is 1. The lowest BCUT2D eigenvalue weighted by molar-refractivity contribution is 0.0977. The highest BCUT2D eigenvalue weighted by Crippen LogP contribution is 2.19. The van der Waals surface area contributed by atoms with Gasteiger partial charge >= 0.3 is 0 Å². The van der Waals surface area contributed by atoms with Crippen LogP contribution < -0.4 is 21.7 Å².